The van der Waals surface area contributed by atoms with Crippen LogP contribution in [0, 0.1) is 0 Å². The van der Waals surface area contributed by atoms with Crippen molar-refractivity contribution in [3.63, 3.8) is 0 Å². The van der Waals surface area contributed by atoms with Gasteiger partial charge < -0.3 is 5.32 Å². The number of rotatable bonds is 2. The molecule has 0 fully saturated rings. The molecule has 4 heteroatoms. The minimum absolute atomic E-state index is 0.0233. The molecule has 0 saturated heterocycles. The normalized spacial score (nSPS) is 8.58. The Morgan fingerprint density at radius 1 is 1.25 bits per heavy atom. The van der Waals surface area contributed by atoms with E-state index in [1.165, 1.54) is 5.56 Å². The van der Waals surface area contributed by atoms with Gasteiger partial charge in [0.1, 0.15) is 0 Å². The van der Waals surface area contributed by atoms with Crippen LogP contribution in [0.3, 0.4) is 0 Å². The molecule has 1 aromatic rings. The summed E-state index contributed by atoms with van der Waals surface area (Å²) in [4.78, 5) is 0. The molecule has 0 unspecified atom stereocenters. The molecule has 0 amide bonds. The van der Waals surface area contributed by atoms with Crippen LogP contribution >= 0.6 is 35.5 Å². The molecule has 1 nitrogen and oxygen atoms in total. The zero-order valence-electron chi connectivity index (χ0n) is 6.85. The quantitative estimate of drug-likeness (QED) is 0.418. The summed E-state index contributed by atoms with van der Waals surface area (Å²) in [5.41, 5.74) is 1.33. The SMILES string of the molecule is CNCc1ccccc1.[I][Pb][I]. The predicted molar refractivity (Wildman–Crippen MR) is 73.0 cm³/mol. The fraction of sp³-hybridized carbons (Fsp3) is 0.250. The van der Waals surface area contributed by atoms with Crippen molar-refractivity contribution in [2.45, 2.75) is 6.54 Å². The van der Waals surface area contributed by atoms with Crippen molar-refractivity contribution in [2.75, 3.05) is 7.05 Å². The van der Waals surface area contributed by atoms with Crippen LogP contribution in [0.1, 0.15) is 5.56 Å². The van der Waals surface area contributed by atoms with E-state index in [-0.39, 0.29) is 15.6 Å². The average Bonchev–Trinajstić information content (AvgIpc) is 2.08. The fourth-order valence-electron chi connectivity index (χ4n) is 0.800. The Bertz CT molecular complexity index is 182. The van der Waals surface area contributed by atoms with Gasteiger partial charge in [0, 0.05) is 6.54 Å². The monoisotopic (exact) mass is 583 g/mol. The Morgan fingerprint density at radius 2 is 1.75 bits per heavy atom. The molecule has 1 rings (SSSR count). The van der Waals surface area contributed by atoms with Crippen LogP contribution in [0.2, 0.25) is 0 Å². The van der Waals surface area contributed by atoms with Crippen molar-refractivity contribution in [3.05, 3.63) is 35.9 Å². The maximum atomic E-state index is 3.08. The summed E-state index contributed by atoms with van der Waals surface area (Å²) in [6.45, 7) is 0.959. The Morgan fingerprint density at radius 3 is 2.17 bits per heavy atom. The topological polar surface area (TPSA) is 12.0 Å². The third-order valence-electron chi connectivity index (χ3n) is 1.22. The van der Waals surface area contributed by atoms with E-state index in [2.05, 4.69) is 53.0 Å². The van der Waals surface area contributed by atoms with Crippen molar-refractivity contribution in [3.8, 4) is 0 Å². The van der Waals surface area contributed by atoms with Gasteiger partial charge >= 0.3 is 51.2 Å². The molecule has 1 aromatic carbocycles. The molecule has 12 heavy (non-hydrogen) atoms. The van der Waals surface area contributed by atoms with Crippen LogP contribution in [0.25, 0.3) is 0 Å². The summed E-state index contributed by atoms with van der Waals surface area (Å²) in [6, 6.07) is 10.3. The number of nitrogens with one attached hydrogen (secondary N) is 1. The van der Waals surface area contributed by atoms with Gasteiger partial charge in [-0.2, -0.15) is 0 Å². The first kappa shape index (κ1) is 13.6. The molecule has 0 aromatic heterocycles. The second-order valence-electron chi connectivity index (χ2n) is 2.09. The molecule has 0 aliphatic rings. The van der Waals surface area contributed by atoms with E-state index < -0.39 is 0 Å². The van der Waals surface area contributed by atoms with Crippen molar-refractivity contribution >= 4 is 51.2 Å². The van der Waals surface area contributed by atoms with Crippen LogP contribution in [0.4, 0.5) is 0 Å². The molecular weight excluding hydrogens is 571 g/mol. The van der Waals surface area contributed by atoms with Gasteiger partial charge in [-0.15, -0.1) is 0 Å². The molecule has 2 radical (unpaired) electrons. The third-order valence-corrected chi connectivity index (χ3v) is 1.22. The average molecular weight is 582 g/mol. The Hall–Kier alpha value is 1.56. The van der Waals surface area contributed by atoms with Crippen LogP contribution in [-0.4, -0.2) is 22.7 Å². The zero-order chi connectivity index (χ0) is 9.23. The summed E-state index contributed by atoms with van der Waals surface area (Å²) < 4.78 is 0. The van der Waals surface area contributed by atoms with Crippen molar-refractivity contribution in [2.24, 2.45) is 0 Å². The minimum atomic E-state index is 0.0233. The van der Waals surface area contributed by atoms with Gasteiger partial charge in [0.2, 0.25) is 0 Å². The van der Waals surface area contributed by atoms with Gasteiger partial charge in [-0.05, 0) is 12.6 Å². The van der Waals surface area contributed by atoms with Crippen LogP contribution < -0.4 is 5.32 Å². The number of hydrogen-bond acceptors (Lipinski definition) is 1. The number of hydrogen-bond donors (Lipinski definition) is 1. The van der Waals surface area contributed by atoms with Gasteiger partial charge in [0.15, 0.2) is 0 Å². The van der Waals surface area contributed by atoms with E-state index in [0.717, 1.165) is 6.54 Å². The second-order valence-corrected chi connectivity index (χ2v) is 30.2. The zero-order valence-corrected chi connectivity index (χ0v) is 15.1. The van der Waals surface area contributed by atoms with Gasteiger partial charge in [0.05, 0.1) is 0 Å². The first-order valence-electron chi connectivity index (χ1n) is 3.50. The van der Waals surface area contributed by atoms with E-state index in [4.69, 9.17) is 0 Å². The van der Waals surface area contributed by atoms with Gasteiger partial charge in [0.25, 0.3) is 0 Å². The predicted octanol–water partition coefficient (Wildman–Crippen LogP) is 2.80. The molecule has 0 spiro atoms. The van der Waals surface area contributed by atoms with Gasteiger partial charge in [-0.25, -0.2) is 0 Å². The van der Waals surface area contributed by atoms with E-state index in [1.54, 1.807) is 0 Å². The standard InChI is InChI=1S/C8H11N.2HI.Pb/c1-9-7-8-5-3-2-4-6-8;;;/h2-6,9H,7H2,1H3;2*1H;/q;;;+2/p-2. The molecule has 0 heterocycles. The fourth-order valence-corrected chi connectivity index (χ4v) is 0.800. The van der Waals surface area contributed by atoms with Crippen LogP contribution in [0.5, 0.6) is 0 Å². The molecule has 0 aliphatic carbocycles. The van der Waals surface area contributed by atoms with E-state index in [0.29, 0.717) is 0 Å². The first-order chi connectivity index (χ1) is 5.85. The third kappa shape index (κ3) is 8.17. The Kier molecular flexibility index (Phi) is 12.0. The van der Waals surface area contributed by atoms with Gasteiger partial charge in [-0.3, -0.25) is 0 Å². The summed E-state index contributed by atoms with van der Waals surface area (Å²) >= 11 is 4.96. The maximum absolute atomic E-state index is 3.08. The molecule has 66 valence electrons. The van der Waals surface area contributed by atoms with E-state index in [1.807, 2.05) is 25.2 Å². The molecular formula is C8H11I2NPb. The van der Waals surface area contributed by atoms with Crippen LogP contribution in [-0.2, 0) is 6.54 Å². The Balaban J connectivity index is 0.000000354. The van der Waals surface area contributed by atoms with Crippen molar-refractivity contribution < 1.29 is 0 Å². The number of benzene rings is 1. The van der Waals surface area contributed by atoms with Crippen molar-refractivity contribution in [1.29, 1.82) is 0 Å². The molecule has 0 bridgehead atoms. The molecule has 1 N–H and O–H groups in total. The van der Waals surface area contributed by atoms with Crippen LogP contribution in [0.15, 0.2) is 30.3 Å². The molecule has 0 aliphatic heterocycles. The molecule has 0 atom stereocenters. The van der Waals surface area contributed by atoms with Crippen molar-refractivity contribution in [1.82, 2.24) is 5.32 Å². The van der Waals surface area contributed by atoms with E-state index >= 15 is 0 Å². The van der Waals surface area contributed by atoms with E-state index in [9.17, 15) is 0 Å². The Labute approximate surface area is 104 Å². The molecule has 0 saturated carbocycles. The number of halogens is 2. The summed E-state index contributed by atoms with van der Waals surface area (Å²) in [5.74, 6) is 0. The summed E-state index contributed by atoms with van der Waals surface area (Å²) in [7, 11) is 1.95. The summed E-state index contributed by atoms with van der Waals surface area (Å²) in [6.07, 6.45) is 0. The van der Waals surface area contributed by atoms with Gasteiger partial charge in [-0.1, -0.05) is 30.3 Å². The second kappa shape index (κ2) is 10.6. The summed E-state index contributed by atoms with van der Waals surface area (Å²) in [5, 5.41) is 3.08. The first-order valence-corrected chi connectivity index (χ1v) is 25.4.